The molecule has 4 heteroatoms. The largest absolute Gasteiger partial charge is 0.325 e. The molecule has 0 aliphatic rings. The van der Waals surface area contributed by atoms with Crippen molar-refractivity contribution in [2.24, 2.45) is 0 Å². The quantitative estimate of drug-likeness (QED) is 0.587. The van der Waals surface area contributed by atoms with Crippen molar-refractivity contribution < 1.29 is 9.59 Å². The average molecular weight is 209 g/mol. The van der Waals surface area contributed by atoms with Crippen molar-refractivity contribution in [1.29, 1.82) is 0 Å². The number of benzene rings is 1. The van der Waals surface area contributed by atoms with Crippen LogP contribution in [0, 0.1) is 6.92 Å². The van der Waals surface area contributed by atoms with E-state index in [1.54, 1.807) is 18.2 Å². The molecule has 0 fully saturated rings. The third kappa shape index (κ3) is 2.60. The van der Waals surface area contributed by atoms with E-state index in [1.165, 1.54) is 0 Å². The highest BCUT2D eigenvalue weighted by Crippen LogP contribution is 2.15. The molecule has 0 aliphatic heterocycles. The first kappa shape index (κ1) is 10.8. The second kappa shape index (κ2) is 4.81. The van der Waals surface area contributed by atoms with Gasteiger partial charge >= 0.3 is 0 Å². The van der Waals surface area contributed by atoms with Crippen LogP contribution in [0.25, 0.3) is 0 Å². The van der Waals surface area contributed by atoms with Gasteiger partial charge in [0.2, 0.25) is 5.91 Å². The first-order valence-electron chi connectivity index (χ1n) is 4.14. The number of hydrogen-bond donors (Lipinski definition) is 2. The molecular formula is C10H11NO2S. The van der Waals surface area contributed by atoms with Crippen LogP contribution < -0.4 is 5.32 Å². The van der Waals surface area contributed by atoms with Crippen molar-refractivity contribution in [3.05, 3.63) is 29.3 Å². The third-order valence-electron chi connectivity index (χ3n) is 1.80. The third-order valence-corrected chi connectivity index (χ3v) is 2.09. The summed E-state index contributed by atoms with van der Waals surface area (Å²) in [5, 5.41) is 2.68. The molecule has 1 amide bonds. The predicted molar refractivity (Wildman–Crippen MR) is 59.0 cm³/mol. The van der Waals surface area contributed by atoms with Crippen LogP contribution in [0.5, 0.6) is 0 Å². The number of nitrogens with one attached hydrogen (secondary N) is 1. The molecule has 1 aromatic rings. The minimum absolute atomic E-state index is 0.148. The fraction of sp³-hybridized carbons (Fsp3) is 0.200. The predicted octanol–water partition coefficient (Wildman–Crippen LogP) is 1.68. The number of aldehydes is 1. The highest BCUT2D eigenvalue weighted by atomic mass is 32.1. The Morgan fingerprint density at radius 1 is 1.57 bits per heavy atom. The molecule has 0 aliphatic carbocycles. The van der Waals surface area contributed by atoms with E-state index in [0.29, 0.717) is 5.56 Å². The summed E-state index contributed by atoms with van der Waals surface area (Å²) < 4.78 is 0. The summed E-state index contributed by atoms with van der Waals surface area (Å²) in [6, 6.07) is 5.09. The summed E-state index contributed by atoms with van der Waals surface area (Å²) in [5.74, 6) is -0.00945. The minimum Gasteiger partial charge on any atom is -0.325 e. The van der Waals surface area contributed by atoms with Gasteiger partial charge in [-0.05, 0) is 30.7 Å². The topological polar surface area (TPSA) is 46.2 Å². The molecule has 1 rings (SSSR count). The van der Waals surface area contributed by atoms with Crippen LogP contribution >= 0.6 is 12.6 Å². The van der Waals surface area contributed by atoms with Crippen LogP contribution in [0.4, 0.5) is 5.69 Å². The van der Waals surface area contributed by atoms with Crippen molar-refractivity contribution in [1.82, 2.24) is 0 Å². The lowest BCUT2D eigenvalue weighted by atomic mass is 10.1. The molecule has 14 heavy (non-hydrogen) atoms. The van der Waals surface area contributed by atoms with Gasteiger partial charge in [0.05, 0.1) is 5.75 Å². The standard InChI is InChI=1S/C10H11NO2S/c1-7-4-8(5-12)2-3-9(7)11-10(13)6-14/h2-5,14H,6H2,1H3,(H,11,13). The number of hydrogen-bond acceptors (Lipinski definition) is 3. The zero-order valence-electron chi connectivity index (χ0n) is 7.78. The average Bonchev–Trinajstić information content (AvgIpc) is 2.20. The van der Waals surface area contributed by atoms with E-state index < -0.39 is 0 Å². The van der Waals surface area contributed by atoms with Crippen molar-refractivity contribution in [3.63, 3.8) is 0 Å². The molecule has 0 saturated carbocycles. The van der Waals surface area contributed by atoms with Crippen molar-refractivity contribution in [3.8, 4) is 0 Å². The Hall–Kier alpha value is -1.29. The summed E-state index contributed by atoms with van der Waals surface area (Å²) in [5.41, 5.74) is 2.19. The number of amides is 1. The monoisotopic (exact) mass is 209 g/mol. The van der Waals surface area contributed by atoms with Gasteiger partial charge in [-0.2, -0.15) is 12.6 Å². The van der Waals surface area contributed by atoms with Crippen LogP contribution in [0.3, 0.4) is 0 Å². The molecule has 0 spiro atoms. The Morgan fingerprint density at radius 3 is 2.79 bits per heavy atom. The van der Waals surface area contributed by atoms with Gasteiger partial charge in [0.1, 0.15) is 6.29 Å². The molecule has 3 nitrogen and oxygen atoms in total. The first-order chi connectivity index (χ1) is 6.67. The van der Waals surface area contributed by atoms with E-state index in [2.05, 4.69) is 17.9 Å². The van der Waals surface area contributed by atoms with E-state index in [1.807, 2.05) is 6.92 Å². The smallest absolute Gasteiger partial charge is 0.234 e. The molecule has 0 saturated heterocycles. The Morgan fingerprint density at radius 2 is 2.29 bits per heavy atom. The molecule has 1 N–H and O–H groups in total. The number of carbonyl (C=O) groups is 2. The molecular weight excluding hydrogens is 198 g/mol. The zero-order chi connectivity index (χ0) is 10.6. The normalized spacial score (nSPS) is 9.57. The van der Waals surface area contributed by atoms with E-state index in [4.69, 9.17) is 0 Å². The van der Waals surface area contributed by atoms with Crippen LogP contribution in [0.1, 0.15) is 15.9 Å². The molecule has 74 valence electrons. The highest BCUT2D eigenvalue weighted by molar-refractivity contribution is 7.81. The summed E-state index contributed by atoms with van der Waals surface area (Å²) in [4.78, 5) is 21.5. The van der Waals surface area contributed by atoms with Crippen molar-refractivity contribution >= 4 is 30.5 Å². The lowest BCUT2D eigenvalue weighted by molar-refractivity contribution is -0.113. The van der Waals surface area contributed by atoms with Crippen LogP contribution in [0.2, 0.25) is 0 Å². The highest BCUT2D eigenvalue weighted by Gasteiger charge is 2.02. The molecule has 0 heterocycles. The molecule has 1 aromatic carbocycles. The lowest BCUT2D eigenvalue weighted by Crippen LogP contribution is -2.13. The van der Waals surface area contributed by atoms with Gasteiger partial charge < -0.3 is 5.32 Å². The van der Waals surface area contributed by atoms with Gasteiger partial charge in [0.25, 0.3) is 0 Å². The van der Waals surface area contributed by atoms with Crippen LogP contribution in [-0.2, 0) is 4.79 Å². The van der Waals surface area contributed by atoms with E-state index in [9.17, 15) is 9.59 Å². The van der Waals surface area contributed by atoms with Gasteiger partial charge in [0.15, 0.2) is 0 Å². The summed E-state index contributed by atoms with van der Waals surface area (Å²) in [6.45, 7) is 1.83. The molecule has 0 bridgehead atoms. The minimum atomic E-state index is -0.157. The van der Waals surface area contributed by atoms with Gasteiger partial charge in [-0.1, -0.05) is 0 Å². The maximum Gasteiger partial charge on any atom is 0.234 e. The SMILES string of the molecule is Cc1cc(C=O)ccc1NC(=O)CS. The second-order valence-corrected chi connectivity index (χ2v) is 3.21. The summed E-state index contributed by atoms with van der Waals surface area (Å²) >= 11 is 3.85. The molecule has 0 radical (unpaired) electrons. The van der Waals surface area contributed by atoms with E-state index in [-0.39, 0.29) is 11.7 Å². The Kier molecular flexibility index (Phi) is 3.71. The molecule has 0 aromatic heterocycles. The Labute approximate surface area is 87.9 Å². The Balaban J connectivity index is 2.89. The number of anilines is 1. The maximum atomic E-state index is 11.0. The van der Waals surface area contributed by atoms with Gasteiger partial charge in [-0.3, -0.25) is 9.59 Å². The first-order valence-corrected chi connectivity index (χ1v) is 4.77. The summed E-state index contributed by atoms with van der Waals surface area (Å²) in [6.07, 6.45) is 0.775. The number of thiol groups is 1. The van der Waals surface area contributed by atoms with Gasteiger partial charge in [-0.25, -0.2) is 0 Å². The van der Waals surface area contributed by atoms with Crippen LogP contribution in [0.15, 0.2) is 18.2 Å². The van der Waals surface area contributed by atoms with Crippen molar-refractivity contribution in [2.45, 2.75) is 6.92 Å². The number of carbonyl (C=O) groups excluding carboxylic acids is 2. The number of aryl methyl sites for hydroxylation is 1. The zero-order valence-corrected chi connectivity index (χ0v) is 8.67. The van der Waals surface area contributed by atoms with Crippen molar-refractivity contribution in [2.75, 3.05) is 11.1 Å². The van der Waals surface area contributed by atoms with E-state index in [0.717, 1.165) is 17.5 Å². The van der Waals surface area contributed by atoms with Crippen LogP contribution in [-0.4, -0.2) is 17.9 Å². The molecule has 0 unspecified atom stereocenters. The summed E-state index contributed by atoms with van der Waals surface area (Å²) in [7, 11) is 0. The van der Waals surface area contributed by atoms with Gasteiger partial charge in [-0.15, -0.1) is 0 Å². The van der Waals surface area contributed by atoms with Gasteiger partial charge in [0, 0.05) is 11.3 Å². The maximum absolute atomic E-state index is 11.0. The number of rotatable bonds is 3. The molecule has 0 atom stereocenters. The van der Waals surface area contributed by atoms with E-state index >= 15 is 0 Å². The Bertz CT molecular complexity index is 363. The fourth-order valence-electron chi connectivity index (χ4n) is 1.09. The fourth-order valence-corrected chi connectivity index (χ4v) is 1.17. The second-order valence-electron chi connectivity index (χ2n) is 2.90. The lowest BCUT2D eigenvalue weighted by Gasteiger charge is -2.06.